The van der Waals surface area contributed by atoms with E-state index in [1.54, 1.807) is 0 Å². The molecule has 0 saturated carbocycles. The lowest BCUT2D eigenvalue weighted by Crippen LogP contribution is -2.34. The Hall–Kier alpha value is -1.16. The number of hydrogen-bond donors (Lipinski definition) is 1. The molecule has 0 aliphatic carbocycles. The molecule has 0 radical (unpaired) electrons. The second-order valence-corrected chi connectivity index (χ2v) is 5.20. The average Bonchev–Trinajstić information content (AvgIpc) is 2.57. The minimum absolute atomic E-state index is 0.557. The molecule has 1 atom stereocenters. The molecule has 1 aromatic rings. The van der Waals surface area contributed by atoms with Crippen molar-refractivity contribution in [3.63, 3.8) is 0 Å². The normalized spacial score (nSPS) is 20.8. The van der Waals surface area contributed by atoms with Gasteiger partial charge in [0.2, 0.25) is 5.95 Å². The van der Waals surface area contributed by atoms with Crippen molar-refractivity contribution in [2.24, 2.45) is 0 Å². The topological polar surface area (TPSA) is 41.1 Å². The van der Waals surface area contributed by atoms with Crippen LogP contribution in [0.3, 0.4) is 0 Å². The minimum atomic E-state index is 0.557. The third-order valence-corrected chi connectivity index (χ3v) is 3.75. The molecular weight excluding hydrogens is 224 g/mol. The molecule has 1 unspecified atom stereocenters. The number of nitrogens with one attached hydrogen (secondary N) is 1. The first-order valence-corrected chi connectivity index (χ1v) is 6.96. The summed E-state index contributed by atoms with van der Waals surface area (Å²) in [5, 5.41) is 3.15. The van der Waals surface area contributed by atoms with Gasteiger partial charge in [-0.1, -0.05) is 12.8 Å². The van der Waals surface area contributed by atoms with E-state index >= 15 is 0 Å². The number of anilines is 1. The SMILES string of the molecule is CNCc1cnc(N2CCCCCC2C)nc1C. The van der Waals surface area contributed by atoms with E-state index in [9.17, 15) is 0 Å². The Morgan fingerprint density at radius 1 is 1.39 bits per heavy atom. The van der Waals surface area contributed by atoms with E-state index in [1.807, 2.05) is 13.2 Å². The van der Waals surface area contributed by atoms with Gasteiger partial charge in [-0.15, -0.1) is 0 Å². The standard InChI is InChI=1S/C14H24N4/c1-11-7-5-4-6-8-18(11)14-16-10-13(9-15-3)12(2)17-14/h10-11,15H,4-9H2,1-3H3. The van der Waals surface area contributed by atoms with Crippen LogP contribution in [-0.2, 0) is 6.54 Å². The Morgan fingerprint density at radius 2 is 2.22 bits per heavy atom. The zero-order chi connectivity index (χ0) is 13.0. The molecule has 1 aliphatic rings. The van der Waals surface area contributed by atoms with Crippen LogP contribution >= 0.6 is 0 Å². The predicted molar refractivity (Wildman–Crippen MR) is 74.8 cm³/mol. The second kappa shape index (κ2) is 6.14. The van der Waals surface area contributed by atoms with Crippen LogP contribution in [0.15, 0.2) is 6.20 Å². The number of aryl methyl sites for hydroxylation is 1. The maximum absolute atomic E-state index is 4.68. The summed E-state index contributed by atoms with van der Waals surface area (Å²) in [6, 6.07) is 0.557. The molecule has 4 heteroatoms. The lowest BCUT2D eigenvalue weighted by Gasteiger charge is -2.27. The fourth-order valence-electron chi connectivity index (χ4n) is 2.55. The maximum Gasteiger partial charge on any atom is 0.225 e. The van der Waals surface area contributed by atoms with Gasteiger partial charge in [0.15, 0.2) is 0 Å². The second-order valence-electron chi connectivity index (χ2n) is 5.20. The highest BCUT2D eigenvalue weighted by Crippen LogP contribution is 2.21. The van der Waals surface area contributed by atoms with Crippen LogP contribution < -0.4 is 10.2 Å². The molecule has 0 bridgehead atoms. The van der Waals surface area contributed by atoms with Gasteiger partial charge in [0.25, 0.3) is 0 Å². The van der Waals surface area contributed by atoms with Gasteiger partial charge in [-0.05, 0) is 33.7 Å². The van der Waals surface area contributed by atoms with Crippen molar-refractivity contribution >= 4 is 5.95 Å². The molecule has 1 fully saturated rings. The smallest absolute Gasteiger partial charge is 0.225 e. The number of rotatable bonds is 3. The maximum atomic E-state index is 4.68. The first-order chi connectivity index (χ1) is 8.72. The van der Waals surface area contributed by atoms with Crippen molar-refractivity contribution in [2.45, 2.75) is 52.1 Å². The summed E-state index contributed by atoms with van der Waals surface area (Å²) in [6.45, 7) is 6.28. The Balaban J connectivity index is 2.19. The first kappa shape index (κ1) is 13.3. The zero-order valence-corrected chi connectivity index (χ0v) is 11.7. The molecule has 1 aromatic heterocycles. The first-order valence-electron chi connectivity index (χ1n) is 6.96. The van der Waals surface area contributed by atoms with Crippen LogP contribution in [0.5, 0.6) is 0 Å². The summed E-state index contributed by atoms with van der Waals surface area (Å²) < 4.78 is 0. The van der Waals surface area contributed by atoms with Gasteiger partial charge < -0.3 is 10.2 Å². The van der Waals surface area contributed by atoms with Crippen LogP contribution in [0.2, 0.25) is 0 Å². The van der Waals surface area contributed by atoms with Gasteiger partial charge in [-0.3, -0.25) is 0 Å². The number of aromatic nitrogens is 2. The highest BCUT2D eigenvalue weighted by molar-refractivity contribution is 5.34. The molecule has 4 nitrogen and oxygen atoms in total. The van der Waals surface area contributed by atoms with Crippen molar-refractivity contribution in [3.8, 4) is 0 Å². The van der Waals surface area contributed by atoms with E-state index in [1.165, 1.54) is 31.2 Å². The van der Waals surface area contributed by atoms with Gasteiger partial charge in [-0.25, -0.2) is 9.97 Å². The van der Waals surface area contributed by atoms with Crippen LogP contribution in [0.1, 0.15) is 43.9 Å². The molecular formula is C14H24N4. The van der Waals surface area contributed by atoms with Gasteiger partial charge >= 0.3 is 0 Å². The Labute approximate surface area is 110 Å². The van der Waals surface area contributed by atoms with Crippen molar-refractivity contribution in [3.05, 3.63) is 17.5 Å². The van der Waals surface area contributed by atoms with Crippen LogP contribution in [-0.4, -0.2) is 29.6 Å². The summed E-state index contributed by atoms with van der Waals surface area (Å²) in [7, 11) is 1.95. The van der Waals surface area contributed by atoms with E-state index in [0.29, 0.717) is 6.04 Å². The molecule has 2 rings (SSSR count). The highest BCUT2D eigenvalue weighted by atomic mass is 15.3. The third-order valence-electron chi connectivity index (χ3n) is 3.75. The molecule has 2 heterocycles. The molecule has 100 valence electrons. The largest absolute Gasteiger partial charge is 0.338 e. The predicted octanol–water partition coefficient (Wildman–Crippen LogP) is 2.27. The summed E-state index contributed by atoms with van der Waals surface area (Å²) in [4.78, 5) is 11.6. The quantitative estimate of drug-likeness (QED) is 0.891. The lowest BCUT2D eigenvalue weighted by atomic mass is 10.1. The Bertz CT molecular complexity index is 391. The van der Waals surface area contributed by atoms with Crippen LogP contribution in [0, 0.1) is 6.92 Å². The van der Waals surface area contributed by atoms with Gasteiger partial charge in [0.1, 0.15) is 0 Å². The monoisotopic (exact) mass is 248 g/mol. The van der Waals surface area contributed by atoms with Crippen molar-refractivity contribution in [1.82, 2.24) is 15.3 Å². The van der Waals surface area contributed by atoms with Gasteiger partial charge in [0, 0.05) is 36.6 Å². The molecule has 0 amide bonds. The zero-order valence-electron chi connectivity index (χ0n) is 11.7. The number of nitrogens with zero attached hydrogens (tertiary/aromatic N) is 3. The van der Waals surface area contributed by atoms with Gasteiger partial charge in [0.05, 0.1) is 0 Å². The van der Waals surface area contributed by atoms with E-state index < -0.39 is 0 Å². The van der Waals surface area contributed by atoms with Gasteiger partial charge in [-0.2, -0.15) is 0 Å². The van der Waals surface area contributed by atoms with Crippen LogP contribution in [0.25, 0.3) is 0 Å². The van der Waals surface area contributed by atoms with Crippen molar-refractivity contribution in [1.29, 1.82) is 0 Å². The van der Waals surface area contributed by atoms with Crippen molar-refractivity contribution < 1.29 is 0 Å². The van der Waals surface area contributed by atoms with E-state index in [-0.39, 0.29) is 0 Å². The molecule has 0 spiro atoms. The Morgan fingerprint density at radius 3 is 2.94 bits per heavy atom. The summed E-state index contributed by atoms with van der Waals surface area (Å²) in [5.41, 5.74) is 2.27. The molecule has 0 aromatic carbocycles. The molecule has 1 aliphatic heterocycles. The van der Waals surface area contributed by atoms with E-state index in [0.717, 1.165) is 24.7 Å². The number of hydrogen-bond acceptors (Lipinski definition) is 4. The van der Waals surface area contributed by atoms with E-state index in [2.05, 4.69) is 34.0 Å². The van der Waals surface area contributed by atoms with Crippen LogP contribution in [0.4, 0.5) is 5.95 Å². The third kappa shape index (κ3) is 2.99. The average molecular weight is 248 g/mol. The fourth-order valence-corrected chi connectivity index (χ4v) is 2.55. The summed E-state index contributed by atoms with van der Waals surface area (Å²) in [5.74, 6) is 0.904. The fraction of sp³-hybridized carbons (Fsp3) is 0.714. The molecule has 1 N–H and O–H groups in total. The minimum Gasteiger partial charge on any atom is -0.338 e. The van der Waals surface area contributed by atoms with E-state index in [4.69, 9.17) is 0 Å². The summed E-state index contributed by atoms with van der Waals surface area (Å²) in [6.07, 6.45) is 7.13. The molecule has 1 saturated heterocycles. The molecule has 18 heavy (non-hydrogen) atoms. The summed E-state index contributed by atoms with van der Waals surface area (Å²) >= 11 is 0. The highest BCUT2D eigenvalue weighted by Gasteiger charge is 2.19. The van der Waals surface area contributed by atoms with Crippen molar-refractivity contribution in [2.75, 3.05) is 18.5 Å². The lowest BCUT2D eigenvalue weighted by molar-refractivity contribution is 0.603. The Kier molecular flexibility index (Phi) is 4.53.